The maximum atomic E-state index is 8.52. The van der Waals surface area contributed by atoms with Crippen LogP contribution >= 0.6 is 0 Å². The third-order valence-corrected chi connectivity index (χ3v) is 1.35. The van der Waals surface area contributed by atoms with Gasteiger partial charge in [0, 0.05) is 5.69 Å². The molecule has 11 heavy (non-hydrogen) atoms. The van der Waals surface area contributed by atoms with Gasteiger partial charge < -0.3 is 15.5 Å². The zero-order chi connectivity index (χ0) is 8.27. The first-order valence-corrected chi connectivity index (χ1v) is 3.38. The molecule has 1 aromatic rings. The van der Waals surface area contributed by atoms with Crippen LogP contribution in [0.15, 0.2) is 24.3 Å². The highest BCUT2D eigenvalue weighted by molar-refractivity contribution is 5.44. The fraction of sp³-hybridized carbons (Fsp3) is 0.250. The Morgan fingerprint density at radius 2 is 1.73 bits per heavy atom. The Labute approximate surface area is 65.3 Å². The summed E-state index contributed by atoms with van der Waals surface area (Å²) in [5, 5.41) is 19.5. The molecule has 0 radical (unpaired) electrons. The van der Waals surface area contributed by atoms with Crippen LogP contribution in [0.3, 0.4) is 0 Å². The Balaban J connectivity index is 2.66. The maximum absolute atomic E-state index is 8.52. The fourth-order valence-electron chi connectivity index (χ4n) is 0.799. The van der Waals surface area contributed by atoms with Gasteiger partial charge in [-0.1, -0.05) is 17.7 Å². The summed E-state index contributed by atoms with van der Waals surface area (Å²) in [7, 11) is 0. The number of rotatable bonds is 2. The summed E-state index contributed by atoms with van der Waals surface area (Å²) < 4.78 is 0. The number of hydrogen-bond acceptors (Lipinski definition) is 3. The molecule has 3 N–H and O–H groups in total. The van der Waals surface area contributed by atoms with Crippen molar-refractivity contribution in [2.75, 3.05) is 5.32 Å². The molecule has 0 amide bonds. The smallest absolute Gasteiger partial charge is 0.232 e. The van der Waals surface area contributed by atoms with Crippen molar-refractivity contribution in [2.24, 2.45) is 0 Å². The largest absolute Gasteiger partial charge is 0.351 e. The molecular weight excluding hydrogens is 142 g/mol. The second kappa shape index (κ2) is 3.37. The lowest BCUT2D eigenvalue weighted by molar-refractivity contribution is -0.0147. The number of aliphatic hydroxyl groups is 2. The van der Waals surface area contributed by atoms with E-state index in [2.05, 4.69) is 5.32 Å². The number of nitrogens with one attached hydrogen (secondary N) is 1. The minimum Gasteiger partial charge on any atom is -0.351 e. The van der Waals surface area contributed by atoms with Gasteiger partial charge in [-0.2, -0.15) is 0 Å². The second-order valence-electron chi connectivity index (χ2n) is 2.38. The summed E-state index contributed by atoms with van der Waals surface area (Å²) in [4.78, 5) is 0. The third-order valence-electron chi connectivity index (χ3n) is 1.35. The van der Waals surface area contributed by atoms with Gasteiger partial charge in [0.15, 0.2) is 0 Å². The van der Waals surface area contributed by atoms with E-state index < -0.39 is 6.41 Å². The zero-order valence-electron chi connectivity index (χ0n) is 6.28. The number of hydrogen-bond donors (Lipinski definition) is 3. The number of aliphatic hydroxyl groups excluding tert-OH is 1. The molecule has 0 heterocycles. The van der Waals surface area contributed by atoms with Crippen molar-refractivity contribution in [1.82, 2.24) is 0 Å². The lowest BCUT2D eigenvalue weighted by Gasteiger charge is -2.07. The van der Waals surface area contributed by atoms with Crippen LogP contribution in [-0.2, 0) is 0 Å². The molecule has 0 aromatic heterocycles. The minimum atomic E-state index is -1.49. The van der Waals surface area contributed by atoms with E-state index in [0.717, 1.165) is 5.56 Å². The van der Waals surface area contributed by atoms with Crippen LogP contribution in [0, 0.1) is 6.92 Å². The van der Waals surface area contributed by atoms with Crippen LogP contribution in [0.2, 0.25) is 0 Å². The van der Waals surface area contributed by atoms with E-state index in [1.54, 1.807) is 12.1 Å². The molecule has 0 aliphatic carbocycles. The molecule has 0 saturated heterocycles. The molecule has 3 nitrogen and oxygen atoms in total. The molecular formula is C8H11NO2. The van der Waals surface area contributed by atoms with Gasteiger partial charge in [-0.3, -0.25) is 0 Å². The van der Waals surface area contributed by atoms with Crippen LogP contribution in [-0.4, -0.2) is 16.6 Å². The third kappa shape index (κ3) is 2.57. The second-order valence-corrected chi connectivity index (χ2v) is 2.38. The Bertz CT molecular complexity index is 218. The van der Waals surface area contributed by atoms with Gasteiger partial charge in [0.25, 0.3) is 0 Å². The number of aryl methyl sites for hydroxylation is 1. The lowest BCUT2D eigenvalue weighted by Crippen LogP contribution is -2.16. The van der Waals surface area contributed by atoms with Gasteiger partial charge in [-0.25, -0.2) is 0 Å². The standard InChI is InChI=1S/C8H11NO2/c1-6-2-4-7(5-3-6)9-8(10)11/h2-5,8-11H,1H3. The van der Waals surface area contributed by atoms with E-state index in [4.69, 9.17) is 10.2 Å². The van der Waals surface area contributed by atoms with Crippen molar-refractivity contribution < 1.29 is 10.2 Å². The van der Waals surface area contributed by atoms with Crippen molar-refractivity contribution in [3.63, 3.8) is 0 Å². The van der Waals surface area contributed by atoms with Gasteiger partial charge in [-0.15, -0.1) is 0 Å². The molecule has 1 rings (SSSR count). The molecule has 0 saturated carbocycles. The first kappa shape index (κ1) is 8.04. The average Bonchev–Trinajstić information content (AvgIpc) is 1.93. The molecule has 60 valence electrons. The summed E-state index contributed by atoms with van der Waals surface area (Å²) in [5.74, 6) is 0. The summed E-state index contributed by atoms with van der Waals surface area (Å²) in [6, 6.07) is 7.36. The predicted molar refractivity (Wildman–Crippen MR) is 43.0 cm³/mol. The fourth-order valence-corrected chi connectivity index (χ4v) is 0.799. The minimum absolute atomic E-state index is 0.700. The van der Waals surface area contributed by atoms with E-state index in [0.29, 0.717) is 5.69 Å². The van der Waals surface area contributed by atoms with E-state index in [1.165, 1.54) is 0 Å². The summed E-state index contributed by atoms with van der Waals surface area (Å²) in [6.07, 6.45) is -1.49. The van der Waals surface area contributed by atoms with E-state index in [1.807, 2.05) is 19.1 Å². The first-order valence-electron chi connectivity index (χ1n) is 3.38. The van der Waals surface area contributed by atoms with Gasteiger partial charge in [0.05, 0.1) is 0 Å². The summed E-state index contributed by atoms with van der Waals surface area (Å²) in [5.41, 5.74) is 1.84. The highest BCUT2D eigenvalue weighted by atomic mass is 16.5. The van der Waals surface area contributed by atoms with Crippen molar-refractivity contribution in [3.8, 4) is 0 Å². The summed E-state index contributed by atoms with van der Waals surface area (Å²) >= 11 is 0. The Morgan fingerprint density at radius 1 is 1.18 bits per heavy atom. The van der Waals surface area contributed by atoms with Gasteiger partial charge in [-0.05, 0) is 19.1 Å². The van der Waals surface area contributed by atoms with Crippen LogP contribution in [0.1, 0.15) is 5.56 Å². The van der Waals surface area contributed by atoms with Crippen molar-refractivity contribution in [2.45, 2.75) is 13.3 Å². The van der Waals surface area contributed by atoms with E-state index >= 15 is 0 Å². The van der Waals surface area contributed by atoms with Gasteiger partial charge >= 0.3 is 0 Å². The predicted octanol–water partition coefficient (Wildman–Crippen LogP) is 0.675. The van der Waals surface area contributed by atoms with E-state index in [-0.39, 0.29) is 0 Å². The molecule has 0 aliphatic heterocycles. The van der Waals surface area contributed by atoms with Crippen molar-refractivity contribution in [3.05, 3.63) is 29.8 Å². The highest BCUT2D eigenvalue weighted by Crippen LogP contribution is 2.08. The molecule has 1 aromatic carbocycles. The van der Waals surface area contributed by atoms with Crippen molar-refractivity contribution in [1.29, 1.82) is 0 Å². The molecule has 0 spiro atoms. The topological polar surface area (TPSA) is 52.5 Å². The zero-order valence-corrected chi connectivity index (χ0v) is 6.28. The van der Waals surface area contributed by atoms with E-state index in [9.17, 15) is 0 Å². The monoisotopic (exact) mass is 153 g/mol. The Hall–Kier alpha value is -1.06. The highest BCUT2D eigenvalue weighted by Gasteiger charge is 1.95. The van der Waals surface area contributed by atoms with Gasteiger partial charge in [0.1, 0.15) is 0 Å². The Morgan fingerprint density at radius 3 is 2.18 bits per heavy atom. The van der Waals surface area contributed by atoms with Crippen LogP contribution in [0.25, 0.3) is 0 Å². The number of benzene rings is 1. The molecule has 0 unspecified atom stereocenters. The Kier molecular flexibility index (Phi) is 2.46. The van der Waals surface area contributed by atoms with Crippen LogP contribution < -0.4 is 5.32 Å². The van der Waals surface area contributed by atoms with Crippen LogP contribution in [0.5, 0.6) is 0 Å². The molecule has 0 bridgehead atoms. The molecule has 0 fully saturated rings. The van der Waals surface area contributed by atoms with Crippen LogP contribution in [0.4, 0.5) is 5.69 Å². The lowest BCUT2D eigenvalue weighted by atomic mass is 10.2. The average molecular weight is 153 g/mol. The maximum Gasteiger partial charge on any atom is 0.232 e. The number of anilines is 1. The molecule has 0 atom stereocenters. The molecule has 3 heteroatoms. The SMILES string of the molecule is Cc1ccc(NC(O)O)cc1. The van der Waals surface area contributed by atoms with Gasteiger partial charge in [0.2, 0.25) is 6.41 Å². The quantitative estimate of drug-likeness (QED) is 0.547. The summed E-state index contributed by atoms with van der Waals surface area (Å²) in [6.45, 7) is 1.97. The van der Waals surface area contributed by atoms with Crippen molar-refractivity contribution >= 4 is 5.69 Å². The first-order chi connectivity index (χ1) is 5.18. The normalized spacial score (nSPS) is 10.2. The molecule has 0 aliphatic rings.